The van der Waals surface area contributed by atoms with Crippen molar-refractivity contribution in [2.45, 2.75) is 0 Å². The highest BCUT2D eigenvalue weighted by atomic mass is 32.1. The van der Waals surface area contributed by atoms with Gasteiger partial charge >= 0.3 is 0 Å². The molecule has 0 rings (SSSR count). The third-order valence-corrected chi connectivity index (χ3v) is 0.527. The minimum atomic E-state index is 0.460. The molecule has 4 N–H and O–H groups in total. The van der Waals surface area contributed by atoms with Gasteiger partial charge in [0.15, 0.2) is 0 Å². The zero-order valence-corrected chi connectivity index (χ0v) is 4.73. The number of nitrogens with two attached hydrogens (primary N) is 2. The van der Waals surface area contributed by atoms with E-state index in [-0.39, 0.29) is 0 Å². The molecule has 0 unspecified atom stereocenters. The topological polar surface area (TPSA) is 52.0 Å². The molecule has 2 nitrogen and oxygen atoms in total. The van der Waals surface area contributed by atoms with Crippen LogP contribution in [0.4, 0.5) is 0 Å². The Morgan fingerprint density at radius 3 is 2.29 bits per heavy atom. The smallest absolute Gasteiger partial charge is 0.0624 e. The van der Waals surface area contributed by atoms with Crippen molar-refractivity contribution in [1.82, 2.24) is 0 Å². The summed E-state index contributed by atoms with van der Waals surface area (Å²) in [6.45, 7) is 0. The van der Waals surface area contributed by atoms with Gasteiger partial charge in [0.05, 0.1) is 5.03 Å². The predicted octanol–water partition coefficient (Wildman–Crippen LogP) is 0.189. The third-order valence-electron chi connectivity index (χ3n) is 0.378. The van der Waals surface area contributed by atoms with E-state index < -0.39 is 0 Å². The van der Waals surface area contributed by atoms with E-state index >= 15 is 0 Å². The maximum absolute atomic E-state index is 5.10. The van der Waals surface area contributed by atoms with Gasteiger partial charge in [0.1, 0.15) is 0 Å². The summed E-state index contributed by atoms with van der Waals surface area (Å²) in [6, 6.07) is 0. The molecular formula is C4H8N2S. The molecule has 0 aliphatic heterocycles. The van der Waals surface area contributed by atoms with E-state index in [4.69, 9.17) is 11.5 Å². The molecule has 0 atom stereocenters. The lowest BCUT2D eigenvalue weighted by Gasteiger charge is -1.78. The molecule has 0 aromatic carbocycles. The highest BCUT2D eigenvalue weighted by Crippen LogP contribution is 1.86. The van der Waals surface area contributed by atoms with Crippen molar-refractivity contribution in [3.05, 3.63) is 23.4 Å². The van der Waals surface area contributed by atoms with Crippen LogP contribution in [-0.4, -0.2) is 0 Å². The first-order chi connectivity index (χ1) is 3.27. The molecule has 0 saturated heterocycles. The molecule has 0 heterocycles. The Morgan fingerprint density at radius 2 is 2.14 bits per heavy atom. The predicted molar refractivity (Wildman–Crippen MR) is 34.6 cm³/mol. The van der Waals surface area contributed by atoms with Gasteiger partial charge in [-0.1, -0.05) is 0 Å². The van der Waals surface area contributed by atoms with E-state index in [0.717, 1.165) is 0 Å². The molecule has 0 bridgehead atoms. The average molecular weight is 116 g/mol. The van der Waals surface area contributed by atoms with Gasteiger partial charge in [-0.3, -0.25) is 0 Å². The number of rotatable bonds is 1. The van der Waals surface area contributed by atoms with E-state index in [1.54, 1.807) is 12.2 Å². The SMILES string of the molecule is N/C=C\C=C(/N)S. The number of hydrogen-bond donors (Lipinski definition) is 3. The second-order valence-corrected chi connectivity index (χ2v) is 1.49. The zero-order chi connectivity index (χ0) is 5.70. The van der Waals surface area contributed by atoms with Crippen molar-refractivity contribution in [3.63, 3.8) is 0 Å². The zero-order valence-electron chi connectivity index (χ0n) is 3.83. The van der Waals surface area contributed by atoms with Crippen LogP contribution >= 0.6 is 12.6 Å². The van der Waals surface area contributed by atoms with Crippen molar-refractivity contribution < 1.29 is 0 Å². The lowest BCUT2D eigenvalue weighted by atomic mass is 10.6. The van der Waals surface area contributed by atoms with Crippen LogP contribution in [0.1, 0.15) is 0 Å². The molecule has 0 fully saturated rings. The van der Waals surface area contributed by atoms with Crippen LogP contribution < -0.4 is 11.5 Å². The highest BCUT2D eigenvalue weighted by molar-refractivity contribution is 7.84. The molecule has 0 aromatic heterocycles. The Bertz CT molecular complexity index is 91.9. The van der Waals surface area contributed by atoms with Crippen LogP contribution in [0.3, 0.4) is 0 Å². The Hall–Kier alpha value is -0.570. The fourth-order valence-corrected chi connectivity index (χ4v) is 0.240. The van der Waals surface area contributed by atoms with Crippen LogP contribution in [0.15, 0.2) is 23.4 Å². The maximum atomic E-state index is 5.10. The van der Waals surface area contributed by atoms with E-state index in [0.29, 0.717) is 5.03 Å². The Balaban J connectivity index is 3.46. The molecular weight excluding hydrogens is 108 g/mol. The molecule has 0 aliphatic rings. The van der Waals surface area contributed by atoms with Gasteiger partial charge in [-0.15, -0.1) is 12.6 Å². The van der Waals surface area contributed by atoms with Crippen LogP contribution in [0.5, 0.6) is 0 Å². The van der Waals surface area contributed by atoms with Crippen molar-refractivity contribution in [3.8, 4) is 0 Å². The van der Waals surface area contributed by atoms with E-state index in [2.05, 4.69) is 12.6 Å². The van der Waals surface area contributed by atoms with Crippen LogP contribution in [0, 0.1) is 0 Å². The molecule has 3 heteroatoms. The summed E-state index contributed by atoms with van der Waals surface area (Å²) >= 11 is 3.76. The van der Waals surface area contributed by atoms with E-state index in [1.807, 2.05) is 0 Å². The van der Waals surface area contributed by atoms with Gasteiger partial charge in [-0.25, -0.2) is 0 Å². The average Bonchev–Trinajstić information content (AvgIpc) is 1.61. The third kappa shape index (κ3) is 5.43. The second-order valence-electron chi connectivity index (χ2n) is 0.976. The summed E-state index contributed by atoms with van der Waals surface area (Å²) in [6.07, 6.45) is 4.61. The summed E-state index contributed by atoms with van der Waals surface area (Å²) in [5, 5.41) is 0.460. The van der Waals surface area contributed by atoms with Crippen molar-refractivity contribution >= 4 is 12.6 Å². The lowest BCUT2D eigenvalue weighted by Crippen LogP contribution is -1.85. The lowest BCUT2D eigenvalue weighted by molar-refractivity contribution is 1.53. The largest absolute Gasteiger partial charge is 0.405 e. The second kappa shape index (κ2) is 3.61. The molecule has 0 aliphatic carbocycles. The van der Waals surface area contributed by atoms with E-state index in [9.17, 15) is 0 Å². The molecule has 7 heavy (non-hydrogen) atoms. The van der Waals surface area contributed by atoms with Gasteiger partial charge in [-0.2, -0.15) is 0 Å². The fraction of sp³-hybridized carbons (Fsp3) is 0. The van der Waals surface area contributed by atoms with Crippen molar-refractivity contribution in [1.29, 1.82) is 0 Å². The van der Waals surface area contributed by atoms with Crippen molar-refractivity contribution in [2.75, 3.05) is 0 Å². The Kier molecular flexibility index (Phi) is 3.32. The Morgan fingerprint density at radius 1 is 1.57 bits per heavy atom. The first-order valence-electron chi connectivity index (χ1n) is 1.80. The van der Waals surface area contributed by atoms with Gasteiger partial charge < -0.3 is 11.5 Å². The Labute approximate surface area is 48.3 Å². The number of allylic oxidation sites excluding steroid dienone is 2. The fourth-order valence-electron chi connectivity index (χ4n) is 0.154. The molecule has 0 amide bonds. The van der Waals surface area contributed by atoms with E-state index in [1.165, 1.54) is 6.20 Å². The standard InChI is InChI=1S/C4H8N2S/c5-3-1-2-4(6)7/h1-3,7H,5-6H2/b3-1-,4-2+. The minimum Gasteiger partial charge on any atom is -0.405 e. The summed E-state index contributed by atoms with van der Waals surface area (Å²) in [5.74, 6) is 0. The van der Waals surface area contributed by atoms with Gasteiger partial charge in [0.25, 0.3) is 0 Å². The minimum absolute atomic E-state index is 0.460. The highest BCUT2D eigenvalue weighted by Gasteiger charge is 1.66. The summed E-state index contributed by atoms with van der Waals surface area (Å²) in [4.78, 5) is 0. The monoisotopic (exact) mass is 116 g/mol. The summed E-state index contributed by atoms with van der Waals surface area (Å²) in [7, 11) is 0. The van der Waals surface area contributed by atoms with Gasteiger partial charge in [-0.05, 0) is 18.4 Å². The van der Waals surface area contributed by atoms with Crippen molar-refractivity contribution in [2.24, 2.45) is 11.5 Å². The first-order valence-corrected chi connectivity index (χ1v) is 2.25. The molecule has 40 valence electrons. The van der Waals surface area contributed by atoms with Gasteiger partial charge in [0, 0.05) is 0 Å². The van der Waals surface area contributed by atoms with Crippen LogP contribution in [0.2, 0.25) is 0 Å². The summed E-state index contributed by atoms with van der Waals surface area (Å²) in [5.41, 5.74) is 10.1. The number of thiol groups is 1. The molecule has 0 saturated carbocycles. The normalized spacial score (nSPS) is 13.0. The number of hydrogen-bond acceptors (Lipinski definition) is 3. The molecule has 0 spiro atoms. The molecule has 0 aromatic rings. The first kappa shape index (κ1) is 6.43. The van der Waals surface area contributed by atoms with Crippen LogP contribution in [0.25, 0.3) is 0 Å². The van der Waals surface area contributed by atoms with Crippen LogP contribution in [-0.2, 0) is 0 Å². The maximum Gasteiger partial charge on any atom is 0.0624 e. The van der Waals surface area contributed by atoms with Gasteiger partial charge in [0.2, 0.25) is 0 Å². The quantitative estimate of drug-likeness (QED) is 0.338. The molecule has 0 radical (unpaired) electrons. The summed E-state index contributed by atoms with van der Waals surface area (Å²) < 4.78 is 0.